The fraction of sp³-hybridized carbons (Fsp3) is 0.200. The zero-order chi connectivity index (χ0) is 22.5. The topological polar surface area (TPSA) is 67.9 Å². The van der Waals surface area contributed by atoms with Crippen LogP contribution in [0.5, 0.6) is 11.5 Å². The summed E-state index contributed by atoms with van der Waals surface area (Å²) in [5.41, 5.74) is 2.39. The second-order valence-corrected chi connectivity index (χ2v) is 7.97. The third-order valence-corrected chi connectivity index (χ3v) is 5.55. The molecular weight excluding hydrogens is 428 g/mol. The Kier molecular flexibility index (Phi) is 6.61. The van der Waals surface area contributed by atoms with Gasteiger partial charge in [-0.25, -0.2) is 0 Å². The van der Waals surface area contributed by atoms with Gasteiger partial charge in [0.15, 0.2) is 0 Å². The van der Waals surface area contributed by atoms with E-state index < -0.39 is 5.92 Å². The van der Waals surface area contributed by atoms with Crippen molar-refractivity contribution in [1.29, 1.82) is 0 Å². The van der Waals surface area contributed by atoms with E-state index in [1.165, 1.54) is 0 Å². The molecule has 0 unspecified atom stereocenters. The van der Waals surface area contributed by atoms with Gasteiger partial charge in [0.2, 0.25) is 11.8 Å². The molecule has 2 amide bonds. The Morgan fingerprint density at radius 3 is 2.53 bits per heavy atom. The van der Waals surface area contributed by atoms with Crippen molar-refractivity contribution in [1.82, 2.24) is 0 Å². The van der Waals surface area contributed by atoms with E-state index in [0.717, 1.165) is 11.3 Å². The molecule has 0 saturated carbocycles. The number of nitrogens with zero attached hydrogens (tertiary/aromatic N) is 1. The molecule has 1 aliphatic rings. The zero-order valence-electron chi connectivity index (χ0n) is 17.6. The highest BCUT2D eigenvalue weighted by molar-refractivity contribution is 6.30. The lowest BCUT2D eigenvalue weighted by Gasteiger charge is -2.17. The van der Waals surface area contributed by atoms with Crippen LogP contribution < -0.4 is 19.7 Å². The van der Waals surface area contributed by atoms with Crippen molar-refractivity contribution in [2.24, 2.45) is 5.92 Å². The molecule has 0 aliphatic carbocycles. The normalized spacial score (nSPS) is 15.5. The number of amides is 2. The maximum Gasteiger partial charge on any atom is 0.229 e. The van der Waals surface area contributed by atoms with Gasteiger partial charge in [-0.05, 0) is 54.1 Å². The summed E-state index contributed by atoms with van der Waals surface area (Å²) in [4.78, 5) is 26.9. The molecule has 0 radical (unpaired) electrons. The van der Waals surface area contributed by atoms with Crippen molar-refractivity contribution in [2.75, 3.05) is 23.9 Å². The highest BCUT2D eigenvalue weighted by Crippen LogP contribution is 2.28. The number of nitrogens with one attached hydrogen (secondary N) is 1. The van der Waals surface area contributed by atoms with E-state index in [0.29, 0.717) is 35.4 Å². The van der Waals surface area contributed by atoms with Crippen LogP contribution in [0, 0.1) is 5.92 Å². The molecular formula is C25H23ClN2O4. The molecule has 1 N–H and O–H groups in total. The van der Waals surface area contributed by atoms with Crippen LogP contribution in [0.3, 0.4) is 0 Å². The Morgan fingerprint density at radius 2 is 1.81 bits per heavy atom. The number of rotatable bonds is 7. The predicted octanol–water partition coefficient (Wildman–Crippen LogP) is 4.92. The molecule has 3 aromatic rings. The highest BCUT2D eigenvalue weighted by Gasteiger charge is 2.35. The lowest BCUT2D eigenvalue weighted by molar-refractivity contribution is -0.122. The predicted molar refractivity (Wildman–Crippen MR) is 124 cm³/mol. The largest absolute Gasteiger partial charge is 0.497 e. The summed E-state index contributed by atoms with van der Waals surface area (Å²) in [5, 5.41) is 3.55. The van der Waals surface area contributed by atoms with Crippen LogP contribution in [0.25, 0.3) is 0 Å². The minimum Gasteiger partial charge on any atom is -0.497 e. The SMILES string of the molecule is COc1cccc(NC(=O)[C@@H]2CC(=O)N(c3ccc(OCc4ccc(Cl)cc4)cc3)C2)c1. The summed E-state index contributed by atoms with van der Waals surface area (Å²) >= 11 is 5.90. The van der Waals surface area contributed by atoms with E-state index in [1.54, 1.807) is 36.3 Å². The summed E-state index contributed by atoms with van der Waals surface area (Å²) in [7, 11) is 1.57. The van der Waals surface area contributed by atoms with E-state index >= 15 is 0 Å². The average Bonchev–Trinajstić information content (AvgIpc) is 3.21. The summed E-state index contributed by atoms with van der Waals surface area (Å²) < 4.78 is 11.0. The first-order chi connectivity index (χ1) is 15.5. The van der Waals surface area contributed by atoms with Gasteiger partial charge in [-0.2, -0.15) is 0 Å². The Labute approximate surface area is 191 Å². The van der Waals surface area contributed by atoms with E-state index in [2.05, 4.69) is 5.32 Å². The second kappa shape index (κ2) is 9.75. The Hall–Kier alpha value is -3.51. The smallest absolute Gasteiger partial charge is 0.229 e. The average molecular weight is 451 g/mol. The first-order valence-electron chi connectivity index (χ1n) is 10.2. The van der Waals surface area contributed by atoms with Crippen LogP contribution in [-0.2, 0) is 16.2 Å². The summed E-state index contributed by atoms with van der Waals surface area (Å²) in [6, 6.07) is 21.9. The molecule has 4 rings (SSSR count). The van der Waals surface area contributed by atoms with Gasteiger partial charge >= 0.3 is 0 Å². The maximum atomic E-state index is 12.7. The number of hydrogen-bond acceptors (Lipinski definition) is 4. The quantitative estimate of drug-likeness (QED) is 0.554. The van der Waals surface area contributed by atoms with Gasteiger partial charge in [0.05, 0.1) is 13.0 Å². The van der Waals surface area contributed by atoms with Crippen LogP contribution in [0.15, 0.2) is 72.8 Å². The molecule has 1 aliphatic heterocycles. The van der Waals surface area contributed by atoms with Crippen LogP contribution in [0.2, 0.25) is 5.02 Å². The molecule has 6 nitrogen and oxygen atoms in total. The minimum absolute atomic E-state index is 0.0781. The van der Waals surface area contributed by atoms with Gasteiger partial charge in [-0.15, -0.1) is 0 Å². The van der Waals surface area contributed by atoms with Gasteiger partial charge in [0.25, 0.3) is 0 Å². The number of methoxy groups -OCH3 is 1. The highest BCUT2D eigenvalue weighted by atomic mass is 35.5. The molecule has 1 saturated heterocycles. The molecule has 1 fully saturated rings. The standard InChI is InChI=1S/C25H23ClN2O4/c1-31-23-4-2-3-20(14-23)27-25(30)18-13-24(29)28(15-18)21-9-11-22(12-10-21)32-16-17-5-7-19(26)8-6-17/h2-12,14,18H,13,15-16H2,1H3,(H,27,30)/t18-/m1/s1. The molecule has 1 heterocycles. The lowest BCUT2D eigenvalue weighted by atomic mass is 10.1. The van der Waals surface area contributed by atoms with Crippen molar-refractivity contribution in [2.45, 2.75) is 13.0 Å². The van der Waals surface area contributed by atoms with Crippen molar-refractivity contribution in [3.05, 3.63) is 83.4 Å². The van der Waals surface area contributed by atoms with E-state index in [4.69, 9.17) is 21.1 Å². The Bertz CT molecular complexity index is 1100. The zero-order valence-corrected chi connectivity index (χ0v) is 18.3. The summed E-state index contributed by atoms with van der Waals surface area (Å²) in [5.74, 6) is 0.671. The van der Waals surface area contributed by atoms with Crippen molar-refractivity contribution < 1.29 is 19.1 Å². The first-order valence-corrected chi connectivity index (χ1v) is 10.6. The maximum absolute atomic E-state index is 12.7. The van der Waals surface area contributed by atoms with Gasteiger partial charge in [0, 0.05) is 35.4 Å². The number of ether oxygens (including phenoxy) is 2. The number of benzene rings is 3. The van der Waals surface area contributed by atoms with E-state index in [-0.39, 0.29) is 18.2 Å². The molecule has 32 heavy (non-hydrogen) atoms. The number of anilines is 2. The van der Waals surface area contributed by atoms with E-state index in [9.17, 15) is 9.59 Å². The summed E-state index contributed by atoms with van der Waals surface area (Å²) in [6.45, 7) is 0.755. The van der Waals surface area contributed by atoms with Crippen LogP contribution in [0.4, 0.5) is 11.4 Å². The van der Waals surface area contributed by atoms with Crippen LogP contribution in [-0.4, -0.2) is 25.5 Å². The number of carbonyl (C=O) groups excluding carboxylic acids is 2. The molecule has 3 aromatic carbocycles. The lowest BCUT2D eigenvalue weighted by Crippen LogP contribution is -2.28. The fourth-order valence-electron chi connectivity index (χ4n) is 3.55. The Morgan fingerprint density at radius 1 is 1.06 bits per heavy atom. The molecule has 164 valence electrons. The van der Waals surface area contributed by atoms with E-state index in [1.807, 2.05) is 48.5 Å². The third kappa shape index (κ3) is 5.21. The number of carbonyl (C=O) groups is 2. The van der Waals surface area contributed by atoms with Gasteiger partial charge in [-0.1, -0.05) is 29.8 Å². The van der Waals surface area contributed by atoms with Gasteiger partial charge in [0.1, 0.15) is 18.1 Å². The monoisotopic (exact) mass is 450 g/mol. The first kappa shape index (κ1) is 21.7. The third-order valence-electron chi connectivity index (χ3n) is 5.30. The molecule has 0 bridgehead atoms. The molecule has 7 heteroatoms. The molecule has 1 atom stereocenters. The van der Waals surface area contributed by atoms with Crippen molar-refractivity contribution >= 4 is 34.8 Å². The second-order valence-electron chi connectivity index (χ2n) is 7.54. The van der Waals surface area contributed by atoms with Crippen molar-refractivity contribution in [3.8, 4) is 11.5 Å². The number of halogens is 1. The minimum atomic E-state index is -0.422. The molecule has 0 spiro atoms. The van der Waals surface area contributed by atoms with Crippen LogP contribution in [0.1, 0.15) is 12.0 Å². The van der Waals surface area contributed by atoms with Crippen molar-refractivity contribution in [3.63, 3.8) is 0 Å². The summed E-state index contributed by atoms with van der Waals surface area (Å²) in [6.07, 6.45) is 0.171. The van der Waals surface area contributed by atoms with Crippen LogP contribution >= 0.6 is 11.6 Å². The number of hydrogen-bond donors (Lipinski definition) is 1. The molecule has 0 aromatic heterocycles. The fourth-order valence-corrected chi connectivity index (χ4v) is 3.67. The van der Waals surface area contributed by atoms with Gasteiger partial charge < -0.3 is 19.7 Å². The van der Waals surface area contributed by atoms with Gasteiger partial charge in [-0.3, -0.25) is 9.59 Å². The Balaban J connectivity index is 1.35.